The normalized spacial score (nSPS) is 18.9. The Balaban J connectivity index is 1.47. The highest BCUT2D eigenvalue weighted by Crippen LogP contribution is 2.19. The summed E-state index contributed by atoms with van der Waals surface area (Å²) >= 11 is 0. The van der Waals surface area contributed by atoms with Gasteiger partial charge in [-0.05, 0) is 37.4 Å². The zero-order valence-electron chi connectivity index (χ0n) is 13.5. The van der Waals surface area contributed by atoms with Crippen molar-refractivity contribution in [2.24, 2.45) is 5.92 Å². The van der Waals surface area contributed by atoms with E-state index in [9.17, 15) is 4.79 Å². The van der Waals surface area contributed by atoms with E-state index in [1.165, 1.54) is 6.42 Å². The van der Waals surface area contributed by atoms with Crippen molar-refractivity contribution in [3.8, 4) is 0 Å². The quantitative estimate of drug-likeness (QED) is 0.721. The summed E-state index contributed by atoms with van der Waals surface area (Å²) in [6, 6.07) is 7.26. The summed E-state index contributed by atoms with van der Waals surface area (Å²) < 4.78 is 3.47. The van der Waals surface area contributed by atoms with Gasteiger partial charge in [-0.15, -0.1) is 0 Å². The molecule has 0 saturated carbocycles. The van der Waals surface area contributed by atoms with Gasteiger partial charge in [-0.2, -0.15) is 5.10 Å². The van der Waals surface area contributed by atoms with Crippen molar-refractivity contribution < 1.29 is 0 Å². The maximum Gasteiger partial charge on any atom is 0.258 e. The van der Waals surface area contributed by atoms with Crippen molar-refractivity contribution in [2.75, 3.05) is 13.1 Å². The summed E-state index contributed by atoms with van der Waals surface area (Å²) in [6.45, 7) is 3.65. The van der Waals surface area contributed by atoms with Crippen LogP contribution in [-0.2, 0) is 13.1 Å². The minimum atomic E-state index is -0.0215. The third-order valence-corrected chi connectivity index (χ3v) is 4.52. The van der Waals surface area contributed by atoms with Gasteiger partial charge in [0.25, 0.3) is 5.56 Å². The molecule has 0 radical (unpaired) electrons. The van der Waals surface area contributed by atoms with E-state index < -0.39 is 0 Å². The van der Waals surface area contributed by atoms with Crippen molar-refractivity contribution in [1.82, 2.24) is 29.0 Å². The Morgan fingerprint density at radius 2 is 2.25 bits per heavy atom. The first-order valence-electron chi connectivity index (χ1n) is 8.30. The minimum Gasteiger partial charge on any atom is -0.297 e. The Morgan fingerprint density at radius 1 is 1.29 bits per heavy atom. The number of piperidine rings is 1. The molecule has 1 aliphatic heterocycles. The average Bonchev–Trinajstić information content (AvgIpc) is 3.08. The van der Waals surface area contributed by atoms with Gasteiger partial charge in [0, 0.05) is 31.9 Å². The number of nitrogens with zero attached hydrogens (tertiary/aromatic N) is 6. The molecular formula is C17H20N6O. The number of aromatic nitrogens is 5. The Labute approximate surface area is 139 Å². The molecule has 0 spiro atoms. The molecule has 0 bridgehead atoms. The molecule has 0 aromatic carbocycles. The number of pyridine rings is 1. The van der Waals surface area contributed by atoms with Crippen LogP contribution in [-0.4, -0.2) is 42.1 Å². The van der Waals surface area contributed by atoms with Gasteiger partial charge >= 0.3 is 0 Å². The molecule has 0 N–H and O–H groups in total. The summed E-state index contributed by atoms with van der Waals surface area (Å²) in [5.41, 5.74) is 1.52. The van der Waals surface area contributed by atoms with Crippen molar-refractivity contribution >= 4 is 5.65 Å². The Hall–Kier alpha value is -2.54. The standard InChI is InChI=1S/C17H20N6O/c24-17-8-15(20-16-5-1-2-7-23(16)17)11-21-6-3-4-14(9-21)10-22-13-18-12-19-22/h1-2,5,7-8,12-14H,3-4,6,9-11H2. The average molecular weight is 324 g/mol. The molecule has 0 aliphatic carbocycles. The second-order valence-electron chi connectivity index (χ2n) is 6.38. The van der Waals surface area contributed by atoms with Crippen molar-refractivity contribution in [2.45, 2.75) is 25.9 Å². The maximum absolute atomic E-state index is 12.2. The lowest BCUT2D eigenvalue weighted by Gasteiger charge is -2.32. The molecule has 1 atom stereocenters. The van der Waals surface area contributed by atoms with Gasteiger partial charge in [0.1, 0.15) is 18.3 Å². The zero-order chi connectivity index (χ0) is 16.4. The van der Waals surface area contributed by atoms with Gasteiger partial charge in [-0.25, -0.2) is 9.97 Å². The van der Waals surface area contributed by atoms with E-state index in [-0.39, 0.29) is 5.56 Å². The molecule has 124 valence electrons. The Bertz CT molecular complexity index is 872. The highest BCUT2D eigenvalue weighted by atomic mass is 16.1. The third kappa shape index (κ3) is 3.21. The topological polar surface area (TPSA) is 68.3 Å². The molecule has 1 saturated heterocycles. The maximum atomic E-state index is 12.2. The fourth-order valence-corrected chi connectivity index (χ4v) is 3.45. The van der Waals surface area contributed by atoms with Crippen LogP contribution in [0.5, 0.6) is 0 Å². The first kappa shape index (κ1) is 15.0. The van der Waals surface area contributed by atoms with E-state index >= 15 is 0 Å². The van der Waals surface area contributed by atoms with E-state index in [1.54, 1.807) is 29.3 Å². The Morgan fingerprint density at radius 3 is 3.12 bits per heavy atom. The second kappa shape index (κ2) is 6.52. The van der Waals surface area contributed by atoms with Gasteiger partial charge in [0.05, 0.1) is 5.69 Å². The Kier molecular flexibility index (Phi) is 4.08. The monoisotopic (exact) mass is 324 g/mol. The van der Waals surface area contributed by atoms with Gasteiger partial charge in [0.15, 0.2) is 0 Å². The van der Waals surface area contributed by atoms with Crippen molar-refractivity contribution in [3.63, 3.8) is 0 Å². The fraction of sp³-hybridized carbons (Fsp3) is 0.412. The van der Waals surface area contributed by atoms with Gasteiger partial charge in [-0.1, -0.05) is 6.07 Å². The summed E-state index contributed by atoms with van der Waals surface area (Å²) in [4.78, 5) is 23.2. The van der Waals surface area contributed by atoms with Crippen molar-refractivity contribution in [3.05, 3.63) is 59.2 Å². The molecule has 4 rings (SSSR count). The zero-order valence-corrected chi connectivity index (χ0v) is 13.5. The van der Waals surface area contributed by atoms with Gasteiger partial charge in [0.2, 0.25) is 0 Å². The van der Waals surface area contributed by atoms with Crippen LogP contribution in [0.1, 0.15) is 18.5 Å². The van der Waals surface area contributed by atoms with Gasteiger partial charge < -0.3 is 0 Å². The lowest BCUT2D eigenvalue weighted by molar-refractivity contribution is 0.152. The first-order valence-corrected chi connectivity index (χ1v) is 8.30. The molecule has 24 heavy (non-hydrogen) atoms. The summed E-state index contributed by atoms with van der Waals surface area (Å²) in [5.74, 6) is 0.557. The SMILES string of the molecule is O=c1cc(CN2CCCC(Cn3cncn3)C2)nc2ccccn12. The number of likely N-dealkylation sites (tertiary alicyclic amines) is 1. The van der Waals surface area contributed by atoms with E-state index in [4.69, 9.17) is 0 Å². The van der Waals surface area contributed by atoms with Gasteiger partial charge in [-0.3, -0.25) is 18.8 Å². The number of rotatable bonds is 4. The van der Waals surface area contributed by atoms with E-state index in [0.29, 0.717) is 18.1 Å². The largest absolute Gasteiger partial charge is 0.297 e. The molecule has 1 fully saturated rings. The fourth-order valence-electron chi connectivity index (χ4n) is 3.45. The summed E-state index contributed by atoms with van der Waals surface area (Å²) in [5, 5.41) is 4.20. The van der Waals surface area contributed by atoms with E-state index in [2.05, 4.69) is 20.0 Å². The van der Waals surface area contributed by atoms with Crippen LogP contribution in [0.3, 0.4) is 0 Å². The molecular weight excluding hydrogens is 304 g/mol. The van der Waals surface area contributed by atoms with Crippen LogP contribution in [0.15, 0.2) is 47.9 Å². The van der Waals surface area contributed by atoms with Crippen LogP contribution >= 0.6 is 0 Å². The number of hydrogen-bond acceptors (Lipinski definition) is 5. The van der Waals surface area contributed by atoms with Crippen molar-refractivity contribution in [1.29, 1.82) is 0 Å². The predicted molar refractivity (Wildman–Crippen MR) is 89.5 cm³/mol. The molecule has 4 heterocycles. The van der Waals surface area contributed by atoms with E-state index in [0.717, 1.165) is 31.7 Å². The number of hydrogen-bond donors (Lipinski definition) is 0. The predicted octanol–water partition coefficient (Wildman–Crippen LogP) is 1.20. The molecule has 3 aromatic heterocycles. The molecule has 3 aromatic rings. The molecule has 0 amide bonds. The highest BCUT2D eigenvalue weighted by Gasteiger charge is 2.21. The minimum absolute atomic E-state index is 0.0215. The van der Waals surface area contributed by atoms with E-state index in [1.807, 2.05) is 22.9 Å². The number of fused-ring (bicyclic) bond motifs is 1. The smallest absolute Gasteiger partial charge is 0.258 e. The van der Waals surface area contributed by atoms with Crippen LogP contribution in [0.2, 0.25) is 0 Å². The van der Waals surface area contributed by atoms with Crippen LogP contribution in [0, 0.1) is 5.92 Å². The molecule has 1 aliphatic rings. The van der Waals surface area contributed by atoms with Crippen LogP contribution in [0.25, 0.3) is 5.65 Å². The second-order valence-corrected chi connectivity index (χ2v) is 6.38. The molecule has 7 nitrogen and oxygen atoms in total. The lowest BCUT2D eigenvalue weighted by atomic mass is 9.98. The summed E-state index contributed by atoms with van der Waals surface area (Å²) in [6.07, 6.45) is 7.46. The summed E-state index contributed by atoms with van der Waals surface area (Å²) in [7, 11) is 0. The van der Waals surface area contributed by atoms with Crippen LogP contribution in [0.4, 0.5) is 0 Å². The molecule has 1 unspecified atom stereocenters. The van der Waals surface area contributed by atoms with Crippen LogP contribution < -0.4 is 5.56 Å². The third-order valence-electron chi connectivity index (χ3n) is 4.52. The lowest BCUT2D eigenvalue weighted by Crippen LogP contribution is -2.37. The first-order chi connectivity index (χ1) is 11.8. The molecule has 7 heteroatoms. The highest BCUT2D eigenvalue weighted by molar-refractivity contribution is 5.37.